The molecule has 3 aromatic heterocycles. The van der Waals surface area contributed by atoms with Gasteiger partial charge in [0.05, 0.1) is 42.6 Å². The lowest BCUT2D eigenvalue weighted by atomic mass is 9.99. The van der Waals surface area contributed by atoms with Crippen LogP contribution in [-0.2, 0) is 4.74 Å². The van der Waals surface area contributed by atoms with Gasteiger partial charge in [0, 0.05) is 23.1 Å². The number of hydrogen-bond donors (Lipinski definition) is 2. The van der Waals surface area contributed by atoms with E-state index in [0.29, 0.717) is 16.9 Å². The van der Waals surface area contributed by atoms with E-state index in [2.05, 4.69) is 21.4 Å². The summed E-state index contributed by atoms with van der Waals surface area (Å²) in [5.41, 5.74) is 5.92. The number of aliphatic hydroxyl groups excluding tert-OH is 1. The van der Waals surface area contributed by atoms with Gasteiger partial charge in [-0.15, -0.1) is 0 Å². The van der Waals surface area contributed by atoms with Gasteiger partial charge in [-0.05, 0) is 49.7 Å². The van der Waals surface area contributed by atoms with Crippen molar-refractivity contribution >= 4 is 11.6 Å². The number of hydrogen-bond acceptors (Lipinski definition) is 7. The first-order valence-electron chi connectivity index (χ1n) is 10.8. The minimum absolute atomic E-state index is 0.191. The van der Waals surface area contributed by atoms with Gasteiger partial charge in [0.2, 0.25) is 0 Å². The summed E-state index contributed by atoms with van der Waals surface area (Å²) in [6.45, 7) is 4.27. The predicted octanol–water partition coefficient (Wildman–Crippen LogP) is 2.44. The molecule has 4 aromatic rings. The van der Waals surface area contributed by atoms with E-state index in [1.54, 1.807) is 28.9 Å². The summed E-state index contributed by atoms with van der Waals surface area (Å²) in [7, 11) is 0. The molecule has 0 aliphatic carbocycles. The minimum Gasteiger partial charge on any atom is -0.388 e. The Balaban J connectivity index is 1.67. The molecule has 2 N–H and O–H groups in total. The zero-order valence-electron chi connectivity index (χ0n) is 18.7. The van der Waals surface area contributed by atoms with E-state index in [1.165, 1.54) is 0 Å². The van der Waals surface area contributed by atoms with Crippen LogP contribution in [0.25, 0.3) is 28.0 Å². The maximum Gasteiger partial charge on any atom is 0.270 e. The molecule has 0 radical (unpaired) electrons. The molecule has 2 atom stereocenters. The molecule has 0 unspecified atom stereocenters. The van der Waals surface area contributed by atoms with Crippen LogP contribution in [0.3, 0.4) is 0 Å². The van der Waals surface area contributed by atoms with Crippen LogP contribution >= 0.6 is 0 Å². The molecule has 5 rings (SSSR count). The molecule has 0 spiro atoms. The molecular weight excluding hydrogens is 432 g/mol. The zero-order chi connectivity index (χ0) is 23.8. The number of benzene rings is 1. The highest BCUT2D eigenvalue weighted by Crippen LogP contribution is 2.35. The van der Waals surface area contributed by atoms with Gasteiger partial charge in [-0.1, -0.05) is 12.1 Å². The van der Waals surface area contributed by atoms with Gasteiger partial charge in [-0.3, -0.25) is 9.78 Å². The molecule has 0 saturated carbocycles. The van der Waals surface area contributed by atoms with Crippen LogP contribution in [0.15, 0.2) is 48.7 Å². The second-order valence-corrected chi connectivity index (χ2v) is 8.32. The van der Waals surface area contributed by atoms with Crippen LogP contribution in [-0.4, -0.2) is 56.0 Å². The molecule has 1 aliphatic heterocycles. The minimum atomic E-state index is -0.750. The number of ether oxygens (including phenoxy) is 1. The van der Waals surface area contributed by atoms with Crippen molar-refractivity contribution in [2.45, 2.75) is 26.0 Å². The molecule has 1 aliphatic rings. The number of rotatable bonds is 4. The van der Waals surface area contributed by atoms with Crippen molar-refractivity contribution in [1.82, 2.24) is 24.9 Å². The van der Waals surface area contributed by atoms with Gasteiger partial charge in [0.25, 0.3) is 5.91 Å². The van der Waals surface area contributed by atoms with Crippen LogP contribution in [0.5, 0.6) is 0 Å². The number of nitriles is 1. The number of carbonyl (C=O) groups is 1. The fourth-order valence-electron chi connectivity index (χ4n) is 4.16. The van der Waals surface area contributed by atoms with Crippen LogP contribution in [0.1, 0.15) is 27.4 Å². The van der Waals surface area contributed by atoms with Crippen molar-refractivity contribution in [3.63, 3.8) is 0 Å². The Morgan fingerprint density at radius 3 is 2.65 bits per heavy atom. The third kappa shape index (κ3) is 4.01. The molecule has 1 amide bonds. The molecular formula is C25H22N6O3. The SMILES string of the molecule is Cc1cc(-c2c(-c3cccc(C#N)c3)nn3ccc(C(=O)N[C@H]4COC[C@@H]4O)nc23)cc(C)n1. The topological polar surface area (TPSA) is 125 Å². The van der Waals surface area contributed by atoms with Crippen molar-refractivity contribution in [3.8, 4) is 28.5 Å². The number of aromatic nitrogens is 4. The Labute approximate surface area is 195 Å². The molecule has 170 valence electrons. The second-order valence-electron chi connectivity index (χ2n) is 8.32. The summed E-state index contributed by atoms with van der Waals surface area (Å²) < 4.78 is 6.84. The standard InChI is InChI=1S/C25H22N6O3/c1-14-8-18(9-15(2)27-14)22-23(17-5-3-4-16(10-17)11-26)30-31-7-6-19(28-24(22)31)25(33)29-20-12-34-13-21(20)32/h3-10,20-21,32H,12-13H2,1-2H3,(H,29,33)/t20-,21-/m0/s1. The van der Waals surface area contributed by atoms with Gasteiger partial charge in [0.15, 0.2) is 5.65 Å². The first-order chi connectivity index (χ1) is 16.4. The normalized spacial score (nSPS) is 17.6. The molecule has 9 heteroatoms. The summed E-state index contributed by atoms with van der Waals surface area (Å²) >= 11 is 0. The first kappa shape index (κ1) is 21.7. The number of fused-ring (bicyclic) bond motifs is 1. The third-order valence-electron chi connectivity index (χ3n) is 5.72. The highest BCUT2D eigenvalue weighted by Gasteiger charge is 2.28. The van der Waals surface area contributed by atoms with E-state index in [1.807, 2.05) is 38.1 Å². The maximum absolute atomic E-state index is 12.9. The number of aliphatic hydroxyl groups is 1. The fourth-order valence-corrected chi connectivity index (χ4v) is 4.16. The Morgan fingerprint density at radius 1 is 1.15 bits per heavy atom. The van der Waals surface area contributed by atoms with E-state index in [-0.39, 0.29) is 18.9 Å². The van der Waals surface area contributed by atoms with Gasteiger partial charge < -0.3 is 15.2 Å². The fraction of sp³-hybridized carbons (Fsp3) is 0.240. The lowest BCUT2D eigenvalue weighted by Crippen LogP contribution is -2.42. The van der Waals surface area contributed by atoms with E-state index < -0.39 is 18.1 Å². The number of nitrogens with zero attached hydrogens (tertiary/aromatic N) is 5. The lowest BCUT2D eigenvalue weighted by molar-refractivity contribution is 0.0881. The van der Waals surface area contributed by atoms with Crippen molar-refractivity contribution in [3.05, 3.63) is 71.3 Å². The lowest BCUT2D eigenvalue weighted by Gasteiger charge is -2.14. The van der Waals surface area contributed by atoms with Crippen LogP contribution in [0, 0.1) is 25.2 Å². The van der Waals surface area contributed by atoms with Gasteiger partial charge in [-0.2, -0.15) is 10.4 Å². The second kappa shape index (κ2) is 8.67. The molecule has 0 bridgehead atoms. The predicted molar refractivity (Wildman–Crippen MR) is 124 cm³/mol. The summed E-state index contributed by atoms with van der Waals surface area (Å²) in [6, 6.07) is 14.4. The quantitative estimate of drug-likeness (QED) is 0.485. The average Bonchev–Trinajstić information content (AvgIpc) is 3.41. The maximum atomic E-state index is 12.9. The number of amides is 1. The molecule has 34 heavy (non-hydrogen) atoms. The van der Waals surface area contributed by atoms with E-state index >= 15 is 0 Å². The summed E-state index contributed by atoms with van der Waals surface area (Å²) in [5.74, 6) is -0.403. The average molecular weight is 454 g/mol. The number of nitrogens with one attached hydrogen (secondary N) is 1. The zero-order valence-corrected chi connectivity index (χ0v) is 18.7. The van der Waals surface area contributed by atoms with Crippen molar-refractivity contribution < 1.29 is 14.6 Å². The van der Waals surface area contributed by atoms with Gasteiger partial charge in [0.1, 0.15) is 11.4 Å². The van der Waals surface area contributed by atoms with Crippen molar-refractivity contribution in [1.29, 1.82) is 5.26 Å². The molecule has 1 fully saturated rings. The van der Waals surface area contributed by atoms with Gasteiger partial charge >= 0.3 is 0 Å². The van der Waals surface area contributed by atoms with Crippen molar-refractivity contribution in [2.75, 3.05) is 13.2 Å². The molecule has 4 heterocycles. The Hall–Kier alpha value is -4.13. The summed E-state index contributed by atoms with van der Waals surface area (Å²) in [4.78, 5) is 22.0. The third-order valence-corrected chi connectivity index (χ3v) is 5.72. The van der Waals surface area contributed by atoms with E-state index in [9.17, 15) is 15.2 Å². The Bertz CT molecular complexity index is 1430. The highest BCUT2D eigenvalue weighted by molar-refractivity contribution is 5.95. The number of pyridine rings is 1. The molecule has 9 nitrogen and oxygen atoms in total. The van der Waals surface area contributed by atoms with Gasteiger partial charge in [-0.25, -0.2) is 9.50 Å². The number of carbonyl (C=O) groups excluding carboxylic acids is 1. The van der Waals surface area contributed by atoms with E-state index in [0.717, 1.165) is 28.1 Å². The van der Waals surface area contributed by atoms with Crippen molar-refractivity contribution in [2.24, 2.45) is 0 Å². The highest BCUT2D eigenvalue weighted by atomic mass is 16.5. The summed E-state index contributed by atoms with van der Waals surface area (Å²) in [6.07, 6.45) is 0.931. The van der Waals surface area contributed by atoms with E-state index in [4.69, 9.17) is 9.84 Å². The Morgan fingerprint density at radius 2 is 1.94 bits per heavy atom. The monoisotopic (exact) mass is 454 g/mol. The summed E-state index contributed by atoms with van der Waals surface area (Å²) in [5, 5.41) is 26.9. The van der Waals surface area contributed by atoms with Crippen LogP contribution in [0.2, 0.25) is 0 Å². The molecule has 1 aromatic carbocycles. The first-order valence-corrected chi connectivity index (χ1v) is 10.8. The number of aryl methyl sites for hydroxylation is 2. The Kier molecular flexibility index (Phi) is 5.53. The smallest absolute Gasteiger partial charge is 0.270 e. The van der Waals surface area contributed by atoms with Crippen LogP contribution < -0.4 is 5.32 Å². The largest absolute Gasteiger partial charge is 0.388 e. The van der Waals surface area contributed by atoms with Crippen LogP contribution in [0.4, 0.5) is 0 Å². The molecule has 1 saturated heterocycles.